The highest BCUT2D eigenvalue weighted by Crippen LogP contribution is 2.23. The number of amides is 2. The van der Waals surface area contributed by atoms with Crippen LogP contribution in [0.1, 0.15) is 37.0 Å². The van der Waals surface area contributed by atoms with Crippen LogP contribution in [0.25, 0.3) is 0 Å². The molecule has 7 nitrogen and oxygen atoms in total. The zero-order valence-corrected chi connectivity index (χ0v) is 24.8. The van der Waals surface area contributed by atoms with E-state index in [-0.39, 0.29) is 24.8 Å². The second-order valence-electron chi connectivity index (χ2n) is 9.34. The molecule has 0 heterocycles. The molecule has 1 atom stereocenters. The fraction of sp³-hybridized carbons (Fsp3) is 0.257. The molecular formula is C35H40N2O5. The first-order valence-corrected chi connectivity index (χ1v) is 14.2. The summed E-state index contributed by atoms with van der Waals surface area (Å²) >= 11 is 0. The smallest absolute Gasteiger partial charge is 0.249 e. The minimum atomic E-state index is -0.872. The van der Waals surface area contributed by atoms with Gasteiger partial charge in [-0.2, -0.15) is 0 Å². The zero-order valence-electron chi connectivity index (χ0n) is 24.8. The molecule has 0 radical (unpaired) electrons. The Kier molecular flexibility index (Phi) is 13.1. The number of nitrogens with one attached hydrogen (secondary N) is 2. The minimum absolute atomic E-state index is 0.0276. The molecule has 220 valence electrons. The molecule has 0 fully saturated rings. The lowest BCUT2D eigenvalue weighted by Gasteiger charge is -2.19. The molecule has 0 saturated carbocycles. The number of benzene rings is 4. The van der Waals surface area contributed by atoms with Gasteiger partial charge in [-0.15, -0.1) is 0 Å². The van der Waals surface area contributed by atoms with Crippen LogP contribution in [0, 0.1) is 6.92 Å². The van der Waals surface area contributed by atoms with E-state index in [2.05, 4.69) is 10.6 Å². The number of carbonyl (C=O) groups is 2. The van der Waals surface area contributed by atoms with Crippen molar-refractivity contribution in [3.05, 3.63) is 120 Å². The standard InChI is InChI=1S/C33H34N2O5.C2H6/c1-24-13-17-30(38-2)21-26(24)14-20-32(36)35-31(23-39-22-25-9-5-3-6-10-25)33(37)34-27-15-18-29(19-16-27)40-28-11-7-4-8-12-28;1-2/h3-13,15-19,21,31H,14,20,22-23H2,1-2H3,(H,34,37)(H,35,36);1-2H3. The molecule has 1 unspecified atom stereocenters. The number of rotatable bonds is 13. The molecule has 2 amide bonds. The molecular weight excluding hydrogens is 528 g/mol. The molecule has 0 saturated heterocycles. The number of hydrogen-bond donors (Lipinski definition) is 2. The number of anilines is 1. The maximum Gasteiger partial charge on any atom is 0.249 e. The van der Waals surface area contributed by atoms with E-state index in [0.29, 0.717) is 24.5 Å². The van der Waals surface area contributed by atoms with Crippen molar-refractivity contribution in [1.82, 2.24) is 5.32 Å². The van der Waals surface area contributed by atoms with Crippen molar-refractivity contribution in [2.24, 2.45) is 0 Å². The van der Waals surface area contributed by atoms with Gasteiger partial charge in [0.25, 0.3) is 0 Å². The summed E-state index contributed by atoms with van der Waals surface area (Å²) in [4.78, 5) is 26.1. The molecule has 0 aromatic heterocycles. The summed E-state index contributed by atoms with van der Waals surface area (Å²) in [6.45, 7) is 6.35. The second kappa shape index (κ2) is 17.3. The minimum Gasteiger partial charge on any atom is -0.497 e. The average Bonchev–Trinajstić information content (AvgIpc) is 3.03. The van der Waals surface area contributed by atoms with Gasteiger partial charge in [0.05, 0.1) is 20.3 Å². The van der Waals surface area contributed by atoms with Crippen molar-refractivity contribution in [1.29, 1.82) is 0 Å². The first kappa shape index (κ1) is 31.9. The largest absolute Gasteiger partial charge is 0.497 e. The van der Waals surface area contributed by atoms with E-state index in [9.17, 15) is 9.59 Å². The van der Waals surface area contributed by atoms with Gasteiger partial charge in [0.1, 0.15) is 23.3 Å². The summed E-state index contributed by atoms with van der Waals surface area (Å²) in [5.74, 6) is 1.51. The summed E-state index contributed by atoms with van der Waals surface area (Å²) in [7, 11) is 1.61. The maximum atomic E-state index is 13.2. The fourth-order valence-electron chi connectivity index (χ4n) is 4.07. The highest BCUT2D eigenvalue weighted by Gasteiger charge is 2.22. The first-order valence-electron chi connectivity index (χ1n) is 14.2. The Morgan fingerprint density at radius 3 is 2.07 bits per heavy atom. The van der Waals surface area contributed by atoms with Crippen LogP contribution in [0.3, 0.4) is 0 Å². The quantitative estimate of drug-likeness (QED) is 0.180. The van der Waals surface area contributed by atoms with Crippen LogP contribution in [-0.2, 0) is 27.4 Å². The second-order valence-corrected chi connectivity index (χ2v) is 9.34. The molecule has 0 bridgehead atoms. The third-order valence-corrected chi connectivity index (χ3v) is 6.33. The van der Waals surface area contributed by atoms with Gasteiger partial charge in [-0.25, -0.2) is 0 Å². The number of carbonyl (C=O) groups excluding carboxylic acids is 2. The van der Waals surface area contributed by atoms with Gasteiger partial charge in [0.15, 0.2) is 0 Å². The van der Waals surface area contributed by atoms with Crippen molar-refractivity contribution in [3.8, 4) is 17.2 Å². The van der Waals surface area contributed by atoms with E-state index < -0.39 is 6.04 Å². The summed E-state index contributed by atoms with van der Waals surface area (Å²) in [6, 6.07) is 31.1. The van der Waals surface area contributed by atoms with Crippen molar-refractivity contribution in [2.45, 2.75) is 46.3 Å². The van der Waals surface area contributed by atoms with Crippen LogP contribution in [0.4, 0.5) is 5.69 Å². The van der Waals surface area contributed by atoms with Crippen LogP contribution in [-0.4, -0.2) is 31.6 Å². The van der Waals surface area contributed by atoms with Crippen LogP contribution in [0.15, 0.2) is 103 Å². The Morgan fingerprint density at radius 2 is 1.40 bits per heavy atom. The Morgan fingerprint density at radius 1 is 0.786 bits per heavy atom. The topological polar surface area (TPSA) is 85.9 Å². The number of aryl methyl sites for hydroxylation is 2. The van der Waals surface area contributed by atoms with Crippen molar-refractivity contribution >= 4 is 17.5 Å². The molecule has 0 spiro atoms. The number of ether oxygens (including phenoxy) is 3. The van der Waals surface area contributed by atoms with E-state index in [0.717, 1.165) is 28.2 Å². The fourth-order valence-corrected chi connectivity index (χ4v) is 4.07. The number of hydrogen-bond acceptors (Lipinski definition) is 5. The number of para-hydroxylation sites is 1. The Balaban J connectivity index is 0.00000237. The predicted molar refractivity (Wildman–Crippen MR) is 167 cm³/mol. The third-order valence-electron chi connectivity index (χ3n) is 6.33. The van der Waals surface area contributed by atoms with Crippen molar-refractivity contribution in [3.63, 3.8) is 0 Å². The predicted octanol–water partition coefficient (Wildman–Crippen LogP) is 7.10. The highest BCUT2D eigenvalue weighted by molar-refractivity contribution is 5.97. The highest BCUT2D eigenvalue weighted by atomic mass is 16.5. The Bertz CT molecular complexity index is 1380. The summed E-state index contributed by atoms with van der Waals surface area (Å²) in [5.41, 5.74) is 3.66. The van der Waals surface area contributed by atoms with E-state index in [1.165, 1.54) is 0 Å². The Hall–Kier alpha value is -4.62. The molecule has 4 aromatic carbocycles. The molecule has 4 aromatic rings. The zero-order chi connectivity index (χ0) is 30.2. The van der Waals surface area contributed by atoms with Crippen molar-refractivity contribution in [2.75, 3.05) is 19.0 Å². The molecule has 4 rings (SSSR count). The Labute approximate surface area is 248 Å². The van der Waals surface area contributed by atoms with Gasteiger partial charge in [0.2, 0.25) is 11.8 Å². The van der Waals surface area contributed by atoms with E-state index in [1.54, 1.807) is 31.4 Å². The lowest BCUT2D eigenvalue weighted by atomic mass is 10.0. The van der Waals surface area contributed by atoms with Crippen LogP contribution in [0.2, 0.25) is 0 Å². The molecule has 2 N–H and O–H groups in total. The van der Waals surface area contributed by atoms with Gasteiger partial charge < -0.3 is 24.8 Å². The third kappa shape index (κ3) is 10.4. The number of methoxy groups -OCH3 is 1. The monoisotopic (exact) mass is 568 g/mol. The summed E-state index contributed by atoms with van der Waals surface area (Å²) in [5, 5.41) is 5.73. The summed E-state index contributed by atoms with van der Waals surface area (Å²) < 4.78 is 17.0. The molecule has 0 aliphatic heterocycles. The van der Waals surface area contributed by atoms with Crippen LogP contribution in [0.5, 0.6) is 17.2 Å². The van der Waals surface area contributed by atoms with E-state index in [4.69, 9.17) is 14.2 Å². The summed E-state index contributed by atoms with van der Waals surface area (Å²) in [6.07, 6.45) is 0.749. The lowest BCUT2D eigenvalue weighted by molar-refractivity contribution is -0.128. The molecule has 42 heavy (non-hydrogen) atoms. The van der Waals surface area contributed by atoms with Crippen LogP contribution >= 0.6 is 0 Å². The normalized spacial score (nSPS) is 11.0. The molecule has 7 heteroatoms. The van der Waals surface area contributed by atoms with Gasteiger partial charge in [-0.3, -0.25) is 9.59 Å². The lowest BCUT2D eigenvalue weighted by Crippen LogP contribution is -2.46. The van der Waals surface area contributed by atoms with E-state index >= 15 is 0 Å². The van der Waals surface area contributed by atoms with Gasteiger partial charge in [-0.1, -0.05) is 68.4 Å². The SMILES string of the molecule is CC.COc1ccc(C)c(CCC(=O)NC(COCc2ccccc2)C(=O)Nc2ccc(Oc3ccccc3)cc2)c1. The molecule has 0 aliphatic carbocycles. The maximum absolute atomic E-state index is 13.2. The van der Waals surface area contributed by atoms with Gasteiger partial charge >= 0.3 is 0 Å². The van der Waals surface area contributed by atoms with Crippen molar-refractivity contribution < 1.29 is 23.8 Å². The van der Waals surface area contributed by atoms with Crippen LogP contribution < -0.4 is 20.1 Å². The van der Waals surface area contributed by atoms with E-state index in [1.807, 2.05) is 99.6 Å². The van der Waals surface area contributed by atoms with Gasteiger partial charge in [-0.05, 0) is 78.6 Å². The average molecular weight is 569 g/mol. The first-order chi connectivity index (χ1) is 20.5. The molecule has 0 aliphatic rings. The van der Waals surface area contributed by atoms with Gasteiger partial charge in [0, 0.05) is 12.1 Å².